The van der Waals surface area contributed by atoms with E-state index in [1.165, 1.54) is 12.1 Å². The van der Waals surface area contributed by atoms with Crippen molar-refractivity contribution in [1.29, 1.82) is 0 Å². The molecule has 2 aromatic heterocycles. The highest BCUT2D eigenvalue weighted by Gasteiger charge is 2.33. The van der Waals surface area contributed by atoms with Gasteiger partial charge in [-0.3, -0.25) is 9.52 Å². The maximum atomic E-state index is 13.7. The minimum atomic E-state index is -3.58. The number of piperidine rings is 1. The van der Waals surface area contributed by atoms with E-state index in [-0.39, 0.29) is 29.2 Å². The monoisotopic (exact) mass is 517 g/mol. The van der Waals surface area contributed by atoms with Crippen molar-refractivity contribution in [2.45, 2.75) is 38.3 Å². The van der Waals surface area contributed by atoms with Gasteiger partial charge in [-0.2, -0.15) is 9.61 Å². The number of carbonyl (C=O) groups excluding carboxylic acids is 1. The molecule has 186 valence electrons. The molecular formula is C23H28ClN7O3S. The number of amides is 1. The number of hydrogen-bond acceptors (Lipinski definition) is 7. The third-order valence-electron chi connectivity index (χ3n) is 6.40. The number of nitrogens with two attached hydrogens (primary N) is 1. The molecule has 0 aliphatic carbocycles. The Morgan fingerprint density at radius 3 is 2.69 bits per heavy atom. The lowest BCUT2D eigenvalue weighted by Crippen LogP contribution is -2.56. The number of sulfonamides is 1. The Labute approximate surface area is 209 Å². The van der Waals surface area contributed by atoms with Crippen LogP contribution < -0.4 is 15.4 Å². The van der Waals surface area contributed by atoms with Crippen LogP contribution in [0, 0.1) is 6.92 Å². The maximum Gasteiger partial charge on any atom is 0.256 e. The van der Waals surface area contributed by atoms with Crippen LogP contribution in [0.25, 0.3) is 5.65 Å². The molecule has 0 bridgehead atoms. The van der Waals surface area contributed by atoms with Crippen molar-refractivity contribution < 1.29 is 13.2 Å². The van der Waals surface area contributed by atoms with E-state index < -0.39 is 10.0 Å². The number of benzene rings is 1. The average Bonchev–Trinajstić information content (AvgIpc) is 3.20. The van der Waals surface area contributed by atoms with Gasteiger partial charge in [0.2, 0.25) is 10.0 Å². The molecule has 1 unspecified atom stereocenters. The number of nitrogens with zero attached hydrogens (tertiary/aromatic N) is 5. The number of fused-ring (bicyclic) bond motifs is 1. The number of aryl methyl sites for hydroxylation is 1. The molecule has 0 saturated carbocycles. The maximum absolute atomic E-state index is 13.7. The second kappa shape index (κ2) is 8.96. The van der Waals surface area contributed by atoms with Gasteiger partial charge in [-0.15, -0.1) is 0 Å². The van der Waals surface area contributed by atoms with Crippen LogP contribution in [0.15, 0.2) is 30.3 Å². The molecule has 4 heterocycles. The van der Waals surface area contributed by atoms with E-state index in [4.69, 9.17) is 22.4 Å². The summed E-state index contributed by atoms with van der Waals surface area (Å²) in [6, 6.07) is 8.37. The lowest BCUT2D eigenvalue weighted by atomic mass is 9.98. The van der Waals surface area contributed by atoms with Crippen molar-refractivity contribution in [2.75, 3.05) is 35.5 Å². The fourth-order valence-corrected chi connectivity index (χ4v) is 5.55. The number of anilines is 2. The zero-order chi connectivity index (χ0) is 24.9. The Morgan fingerprint density at radius 2 is 1.97 bits per heavy atom. The van der Waals surface area contributed by atoms with Gasteiger partial charge in [0.05, 0.1) is 29.2 Å². The highest BCUT2D eigenvalue weighted by molar-refractivity contribution is 7.92. The molecular weight excluding hydrogens is 490 g/mol. The molecule has 1 aromatic carbocycles. The minimum absolute atomic E-state index is 0.146. The molecule has 2 saturated heterocycles. The Bertz CT molecular complexity index is 1400. The topological polar surface area (TPSA) is 126 Å². The number of likely N-dealkylation sites (tertiary alicyclic amines) is 1. The van der Waals surface area contributed by atoms with E-state index in [2.05, 4.69) is 14.6 Å². The first-order valence-electron chi connectivity index (χ1n) is 11.6. The number of nitrogens with one attached hydrogen (secondary N) is 1. The van der Waals surface area contributed by atoms with Crippen LogP contribution in [0.1, 0.15) is 47.1 Å². The third-order valence-corrected chi connectivity index (χ3v) is 7.23. The van der Waals surface area contributed by atoms with Crippen molar-refractivity contribution in [2.24, 2.45) is 5.73 Å². The van der Waals surface area contributed by atoms with Crippen LogP contribution in [0.5, 0.6) is 0 Å². The molecule has 1 atom stereocenters. The van der Waals surface area contributed by atoms with Gasteiger partial charge in [-0.25, -0.2) is 13.4 Å². The molecule has 3 N–H and O–H groups in total. The number of hydrogen-bond donors (Lipinski definition) is 2. The van der Waals surface area contributed by atoms with E-state index in [1.807, 2.05) is 23.6 Å². The molecule has 0 spiro atoms. The molecule has 12 heteroatoms. The van der Waals surface area contributed by atoms with Gasteiger partial charge in [-0.05, 0) is 44.4 Å². The van der Waals surface area contributed by atoms with E-state index in [9.17, 15) is 13.2 Å². The second-order valence-electron chi connectivity index (χ2n) is 9.33. The molecule has 35 heavy (non-hydrogen) atoms. The Morgan fingerprint density at radius 1 is 1.20 bits per heavy atom. The first-order chi connectivity index (χ1) is 16.6. The Kier molecular flexibility index (Phi) is 6.10. The second-order valence-corrected chi connectivity index (χ2v) is 11.5. The van der Waals surface area contributed by atoms with Crippen molar-refractivity contribution in [3.05, 3.63) is 52.3 Å². The summed E-state index contributed by atoms with van der Waals surface area (Å²) >= 11 is 6.18. The molecule has 2 aliphatic heterocycles. The molecule has 2 aliphatic rings. The van der Waals surface area contributed by atoms with Crippen molar-refractivity contribution >= 4 is 44.7 Å². The van der Waals surface area contributed by atoms with Crippen LogP contribution >= 0.6 is 11.6 Å². The number of rotatable bonds is 5. The first kappa shape index (κ1) is 23.8. The van der Waals surface area contributed by atoms with Gasteiger partial charge >= 0.3 is 0 Å². The van der Waals surface area contributed by atoms with Gasteiger partial charge < -0.3 is 15.5 Å². The van der Waals surface area contributed by atoms with Crippen molar-refractivity contribution in [3.8, 4) is 0 Å². The van der Waals surface area contributed by atoms with E-state index >= 15 is 0 Å². The summed E-state index contributed by atoms with van der Waals surface area (Å²) in [6.07, 6.45) is 3.59. The summed E-state index contributed by atoms with van der Waals surface area (Å²) in [5.41, 5.74) is 8.76. The third kappa shape index (κ3) is 4.80. The molecule has 10 nitrogen and oxygen atoms in total. The minimum Gasteiger partial charge on any atom is -0.353 e. The number of aromatic nitrogens is 3. The summed E-state index contributed by atoms with van der Waals surface area (Å²) in [4.78, 5) is 22.3. The normalized spacial score (nSPS) is 19.1. The predicted octanol–water partition coefficient (Wildman–Crippen LogP) is 2.58. The standard InChI is InChI=1S/C23H28ClN7O3S/c1-14-9-22(29-12-16(25)13-29)31-21(26-14)11-19(27-31)20-5-3-4-8-30(20)23(32)17-10-15(24)6-7-18(17)28-35(2,33)34/h6-7,9-11,16,20,28H,3-5,8,12-13,25H2,1-2H3. The van der Waals surface area contributed by atoms with Gasteiger partial charge in [0.1, 0.15) is 5.82 Å². The van der Waals surface area contributed by atoms with Crippen LogP contribution in [-0.4, -0.2) is 65.8 Å². The quantitative estimate of drug-likeness (QED) is 0.532. The molecule has 3 aromatic rings. The van der Waals surface area contributed by atoms with Gasteiger partial charge in [0.15, 0.2) is 5.65 Å². The van der Waals surface area contributed by atoms with E-state index in [1.54, 1.807) is 11.0 Å². The zero-order valence-corrected chi connectivity index (χ0v) is 21.2. The van der Waals surface area contributed by atoms with Crippen LogP contribution in [0.4, 0.5) is 11.5 Å². The van der Waals surface area contributed by atoms with E-state index in [0.717, 1.165) is 61.5 Å². The lowest BCUT2D eigenvalue weighted by Gasteiger charge is -2.38. The fourth-order valence-electron chi connectivity index (χ4n) is 4.80. The van der Waals surface area contributed by atoms with Crippen LogP contribution in [0.2, 0.25) is 5.02 Å². The fraction of sp³-hybridized carbons (Fsp3) is 0.435. The smallest absolute Gasteiger partial charge is 0.256 e. The number of carbonyl (C=O) groups is 1. The summed E-state index contributed by atoms with van der Waals surface area (Å²) in [5.74, 6) is 0.641. The van der Waals surface area contributed by atoms with Crippen molar-refractivity contribution in [3.63, 3.8) is 0 Å². The molecule has 5 rings (SSSR count). The van der Waals surface area contributed by atoms with Gasteiger partial charge in [0, 0.05) is 48.5 Å². The summed E-state index contributed by atoms with van der Waals surface area (Å²) in [7, 11) is -3.58. The first-order valence-corrected chi connectivity index (χ1v) is 13.8. The highest BCUT2D eigenvalue weighted by atomic mass is 35.5. The lowest BCUT2D eigenvalue weighted by molar-refractivity contribution is 0.0607. The van der Waals surface area contributed by atoms with Gasteiger partial charge in [-0.1, -0.05) is 11.6 Å². The SMILES string of the molecule is Cc1cc(N2CC(N)C2)n2nc(C3CCCCN3C(=O)c3cc(Cl)ccc3NS(C)(=O)=O)cc2n1. The zero-order valence-electron chi connectivity index (χ0n) is 19.6. The highest BCUT2D eigenvalue weighted by Crippen LogP contribution is 2.35. The largest absolute Gasteiger partial charge is 0.353 e. The van der Waals surface area contributed by atoms with Crippen LogP contribution in [0.3, 0.4) is 0 Å². The molecule has 2 fully saturated rings. The Balaban J connectivity index is 1.52. The van der Waals surface area contributed by atoms with E-state index in [0.29, 0.717) is 11.6 Å². The van der Waals surface area contributed by atoms with Crippen LogP contribution in [-0.2, 0) is 10.0 Å². The summed E-state index contributed by atoms with van der Waals surface area (Å²) < 4.78 is 28.0. The Hall–Kier alpha value is -2.89. The predicted molar refractivity (Wildman–Crippen MR) is 135 cm³/mol. The molecule has 0 radical (unpaired) electrons. The number of halogens is 1. The molecule has 1 amide bonds. The van der Waals surface area contributed by atoms with Crippen molar-refractivity contribution in [1.82, 2.24) is 19.5 Å². The average molecular weight is 518 g/mol. The summed E-state index contributed by atoms with van der Waals surface area (Å²) in [5, 5.41) is 5.22. The van der Waals surface area contributed by atoms with Gasteiger partial charge in [0.25, 0.3) is 5.91 Å². The summed E-state index contributed by atoms with van der Waals surface area (Å²) in [6.45, 7) is 3.99.